The number of benzene rings is 1. The van der Waals surface area contributed by atoms with Gasteiger partial charge in [0.2, 0.25) is 0 Å². The van der Waals surface area contributed by atoms with Gasteiger partial charge >= 0.3 is 12.2 Å². The van der Waals surface area contributed by atoms with E-state index in [2.05, 4.69) is 19.9 Å². The molecule has 6 heteroatoms. The smallest absolute Gasteiger partial charge is 0.415 e. The minimum Gasteiger partial charge on any atom is -0.448 e. The molecule has 0 N–H and O–H groups in total. The first-order valence-electron chi connectivity index (χ1n) is 9.62. The van der Waals surface area contributed by atoms with Crippen LogP contribution in [0.5, 0.6) is 0 Å². The Hall–Kier alpha value is -2.24. The molecule has 6 nitrogen and oxygen atoms in total. The maximum atomic E-state index is 13.2. The van der Waals surface area contributed by atoms with Crippen molar-refractivity contribution in [2.75, 3.05) is 24.6 Å². The lowest BCUT2D eigenvalue weighted by Crippen LogP contribution is -2.71. The molecule has 146 valence electrons. The Bertz CT molecular complexity index is 802. The molecule has 2 fully saturated rings. The summed E-state index contributed by atoms with van der Waals surface area (Å²) in [6.45, 7) is 11.6. The highest BCUT2D eigenvalue weighted by Gasteiger charge is 2.70. The monoisotopic (exact) mass is 372 g/mol. The molecule has 1 aromatic carbocycles. The van der Waals surface area contributed by atoms with Crippen molar-refractivity contribution in [1.82, 2.24) is 4.90 Å². The van der Waals surface area contributed by atoms with Crippen LogP contribution < -0.4 is 4.90 Å². The van der Waals surface area contributed by atoms with Crippen molar-refractivity contribution in [2.45, 2.75) is 57.6 Å². The number of fused-ring (bicyclic) bond motifs is 3. The number of anilines is 1. The van der Waals surface area contributed by atoms with Crippen LogP contribution in [0.3, 0.4) is 0 Å². The first-order chi connectivity index (χ1) is 12.6. The third kappa shape index (κ3) is 2.45. The van der Waals surface area contributed by atoms with Crippen molar-refractivity contribution in [3.05, 3.63) is 29.8 Å². The lowest BCUT2D eigenvalue weighted by Gasteiger charge is -2.61. The van der Waals surface area contributed by atoms with E-state index >= 15 is 0 Å². The van der Waals surface area contributed by atoms with Gasteiger partial charge in [0.05, 0.1) is 17.8 Å². The van der Waals surface area contributed by atoms with Crippen LogP contribution in [0, 0.1) is 5.92 Å². The first-order valence-corrected chi connectivity index (χ1v) is 9.62. The molecule has 0 bridgehead atoms. The van der Waals surface area contributed by atoms with Gasteiger partial charge in [-0.3, -0.25) is 4.90 Å². The molecule has 0 unspecified atom stereocenters. The Morgan fingerprint density at radius 3 is 2.63 bits per heavy atom. The van der Waals surface area contributed by atoms with E-state index in [1.54, 1.807) is 4.90 Å². The summed E-state index contributed by atoms with van der Waals surface area (Å²) in [6, 6.07) is 8.09. The summed E-state index contributed by atoms with van der Waals surface area (Å²) in [5.41, 5.74) is 0.928. The van der Waals surface area contributed by atoms with Crippen LogP contribution >= 0.6 is 0 Å². The molecule has 3 aliphatic rings. The molecule has 0 spiro atoms. The van der Waals surface area contributed by atoms with Gasteiger partial charge in [-0.25, -0.2) is 9.59 Å². The van der Waals surface area contributed by atoms with Crippen molar-refractivity contribution < 1.29 is 19.1 Å². The molecule has 4 rings (SSSR count). The number of carbonyl (C=O) groups excluding carboxylic acids is 2. The second-order valence-corrected chi connectivity index (χ2v) is 9.27. The molecule has 1 saturated heterocycles. The third-order valence-corrected chi connectivity index (χ3v) is 6.63. The predicted molar refractivity (Wildman–Crippen MR) is 102 cm³/mol. The Kier molecular flexibility index (Phi) is 3.78. The lowest BCUT2D eigenvalue weighted by atomic mass is 9.49. The van der Waals surface area contributed by atoms with E-state index in [-0.39, 0.29) is 23.5 Å². The van der Waals surface area contributed by atoms with Gasteiger partial charge in [-0.15, -0.1) is 0 Å². The molecular weight excluding hydrogens is 344 g/mol. The van der Waals surface area contributed by atoms with Crippen molar-refractivity contribution in [3.63, 3.8) is 0 Å². The predicted octanol–water partition coefficient (Wildman–Crippen LogP) is 3.93. The summed E-state index contributed by atoms with van der Waals surface area (Å²) in [6.07, 6.45) is 0.338. The first kappa shape index (κ1) is 18.1. The van der Waals surface area contributed by atoms with E-state index < -0.39 is 11.1 Å². The van der Waals surface area contributed by atoms with Crippen LogP contribution in [-0.2, 0) is 14.9 Å². The largest absolute Gasteiger partial charge is 0.448 e. The maximum Gasteiger partial charge on any atom is 0.415 e. The van der Waals surface area contributed by atoms with Crippen molar-refractivity contribution in [2.24, 2.45) is 5.92 Å². The Balaban J connectivity index is 1.71. The van der Waals surface area contributed by atoms with Gasteiger partial charge in [0.1, 0.15) is 12.2 Å². The number of nitrogens with zero attached hydrogens (tertiary/aromatic N) is 2. The van der Waals surface area contributed by atoms with Gasteiger partial charge in [0.15, 0.2) is 0 Å². The highest BCUT2D eigenvalue weighted by molar-refractivity contribution is 5.95. The molecule has 2 heterocycles. The van der Waals surface area contributed by atoms with Crippen molar-refractivity contribution in [1.29, 1.82) is 0 Å². The topological polar surface area (TPSA) is 59.1 Å². The Morgan fingerprint density at radius 2 is 2.00 bits per heavy atom. The van der Waals surface area contributed by atoms with E-state index in [0.717, 1.165) is 12.1 Å². The molecule has 3 atom stereocenters. The van der Waals surface area contributed by atoms with Crippen LogP contribution in [0.1, 0.15) is 46.6 Å². The molecule has 2 amide bonds. The van der Waals surface area contributed by atoms with Gasteiger partial charge in [0, 0.05) is 17.9 Å². The van der Waals surface area contributed by atoms with Crippen molar-refractivity contribution in [3.8, 4) is 0 Å². The second-order valence-electron chi connectivity index (χ2n) is 9.27. The fourth-order valence-electron chi connectivity index (χ4n) is 5.11. The van der Waals surface area contributed by atoms with Crippen LogP contribution in [0.15, 0.2) is 24.3 Å². The van der Waals surface area contributed by atoms with Crippen LogP contribution in [-0.4, -0.2) is 47.9 Å². The lowest BCUT2D eigenvalue weighted by molar-refractivity contribution is 0.000940. The molecule has 2 aliphatic heterocycles. The summed E-state index contributed by atoms with van der Waals surface area (Å²) in [7, 11) is 0. The SMILES string of the molecule is CC(C)(C)OC(=O)N1c2ccccc2[C@@]2(C)C[C@@H](CN3CCOC3=O)[C@@]12C. The fourth-order valence-corrected chi connectivity index (χ4v) is 5.11. The molecule has 1 saturated carbocycles. The normalized spacial score (nSPS) is 31.9. The van der Waals surface area contributed by atoms with E-state index in [1.165, 1.54) is 5.56 Å². The quantitative estimate of drug-likeness (QED) is 0.789. The van der Waals surface area contributed by atoms with E-state index in [4.69, 9.17) is 9.47 Å². The zero-order valence-electron chi connectivity index (χ0n) is 16.7. The van der Waals surface area contributed by atoms with Crippen LogP contribution in [0.4, 0.5) is 15.3 Å². The summed E-state index contributed by atoms with van der Waals surface area (Å²) in [5.74, 6) is 0.160. The zero-order chi connectivity index (χ0) is 19.6. The van der Waals surface area contributed by atoms with Crippen LogP contribution in [0.2, 0.25) is 0 Å². The molecule has 0 aromatic heterocycles. The van der Waals surface area contributed by atoms with E-state index in [1.807, 2.05) is 43.9 Å². The minimum atomic E-state index is -0.570. The Labute approximate surface area is 160 Å². The number of hydrogen-bond acceptors (Lipinski definition) is 4. The molecule has 1 aromatic rings. The highest BCUT2D eigenvalue weighted by Crippen LogP contribution is 2.66. The van der Waals surface area contributed by atoms with Gasteiger partial charge < -0.3 is 14.4 Å². The Morgan fingerprint density at radius 1 is 1.30 bits per heavy atom. The number of carbonyl (C=O) groups is 2. The minimum absolute atomic E-state index is 0.158. The second kappa shape index (κ2) is 5.63. The fraction of sp³-hybridized carbons (Fsp3) is 0.619. The van der Waals surface area contributed by atoms with Crippen LogP contribution in [0.25, 0.3) is 0 Å². The van der Waals surface area contributed by atoms with Crippen molar-refractivity contribution >= 4 is 17.9 Å². The number of amides is 2. The van der Waals surface area contributed by atoms with Gasteiger partial charge in [-0.05, 0) is 45.7 Å². The summed E-state index contributed by atoms with van der Waals surface area (Å²) >= 11 is 0. The standard InChI is InChI=1S/C21H28N2O4/c1-19(2,3)27-18(25)23-16-9-7-6-8-15(16)20(4)12-14(21(20,23)5)13-22-10-11-26-17(22)24/h6-9,14H,10-13H2,1-5H3/t14-,20+,21+/m0/s1. The van der Waals surface area contributed by atoms with Gasteiger partial charge in [-0.1, -0.05) is 25.1 Å². The average molecular weight is 372 g/mol. The van der Waals surface area contributed by atoms with Gasteiger partial charge in [0.25, 0.3) is 0 Å². The molecule has 27 heavy (non-hydrogen) atoms. The summed E-state index contributed by atoms with van der Waals surface area (Å²) in [5, 5.41) is 0. The molecule has 1 aliphatic carbocycles. The summed E-state index contributed by atoms with van der Waals surface area (Å²) in [4.78, 5) is 28.7. The highest BCUT2D eigenvalue weighted by atomic mass is 16.6. The molecular formula is C21H28N2O4. The van der Waals surface area contributed by atoms with Gasteiger partial charge in [-0.2, -0.15) is 0 Å². The number of rotatable bonds is 2. The number of ether oxygens (including phenoxy) is 2. The number of para-hydroxylation sites is 1. The number of hydrogen-bond donors (Lipinski definition) is 0. The van der Waals surface area contributed by atoms with E-state index in [0.29, 0.717) is 19.7 Å². The maximum absolute atomic E-state index is 13.2. The zero-order valence-corrected chi connectivity index (χ0v) is 16.7. The average Bonchev–Trinajstić information content (AvgIpc) is 3.03. The summed E-state index contributed by atoms with van der Waals surface area (Å²) < 4.78 is 10.9. The molecule has 0 radical (unpaired) electrons. The third-order valence-electron chi connectivity index (χ3n) is 6.63. The number of cyclic esters (lactones) is 1. The van der Waals surface area contributed by atoms with E-state index in [9.17, 15) is 9.59 Å².